The van der Waals surface area contributed by atoms with Crippen molar-refractivity contribution in [3.63, 3.8) is 0 Å². The molecular formula is C45H29N4OP. The van der Waals surface area contributed by atoms with E-state index in [-0.39, 0.29) is 0 Å². The molecule has 9 aromatic rings. The molecule has 0 aliphatic carbocycles. The van der Waals surface area contributed by atoms with Crippen LogP contribution in [0.5, 0.6) is 0 Å². The van der Waals surface area contributed by atoms with E-state index in [1.807, 2.05) is 103 Å². The Morgan fingerprint density at radius 2 is 0.980 bits per heavy atom. The summed E-state index contributed by atoms with van der Waals surface area (Å²) >= 11 is 0. The van der Waals surface area contributed by atoms with E-state index >= 15 is 4.57 Å². The summed E-state index contributed by atoms with van der Waals surface area (Å²) in [6.45, 7) is 0. The average Bonchev–Trinajstić information content (AvgIpc) is 3.69. The van der Waals surface area contributed by atoms with Gasteiger partial charge < -0.3 is 4.57 Å². The summed E-state index contributed by atoms with van der Waals surface area (Å²) in [6, 6.07) is 59.3. The maximum absolute atomic E-state index is 15.5. The Morgan fingerprint density at radius 3 is 1.71 bits per heavy atom. The van der Waals surface area contributed by atoms with Crippen LogP contribution in [-0.2, 0) is 4.57 Å². The number of para-hydroxylation sites is 1. The van der Waals surface area contributed by atoms with Crippen molar-refractivity contribution in [2.24, 2.45) is 0 Å². The maximum atomic E-state index is 15.5. The summed E-state index contributed by atoms with van der Waals surface area (Å²) in [7, 11) is -3.17. The Hall–Kier alpha value is -6.42. The molecule has 0 N–H and O–H groups in total. The molecule has 0 saturated heterocycles. The number of fused-ring (bicyclic) bond motifs is 7. The third-order valence-electron chi connectivity index (χ3n) is 9.89. The van der Waals surface area contributed by atoms with Crippen molar-refractivity contribution in [3.8, 4) is 51.0 Å². The van der Waals surface area contributed by atoms with E-state index in [1.54, 1.807) is 0 Å². The molecule has 10 rings (SSSR count). The molecule has 6 heteroatoms. The number of nitrogens with zero attached hydrogens (tertiary/aromatic N) is 4. The Labute approximate surface area is 294 Å². The van der Waals surface area contributed by atoms with Crippen molar-refractivity contribution in [2.45, 2.75) is 0 Å². The van der Waals surface area contributed by atoms with Crippen molar-refractivity contribution < 1.29 is 4.57 Å². The van der Waals surface area contributed by atoms with Gasteiger partial charge in [-0.25, -0.2) is 4.98 Å². The molecule has 1 aliphatic rings. The lowest BCUT2D eigenvalue weighted by molar-refractivity contribution is 0.593. The maximum Gasteiger partial charge on any atom is 0.238 e. The first-order valence-electron chi connectivity index (χ1n) is 17.0. The fraction of sp³-hybridized carbons (Fsp3) is 0. The predicted molar refractivity (Wildman–Crippen MR) is 209 cm³/mol. The summed E-state index contributed by atoms with van der Waals surface area (Å²) in [4.78, 5) is 15.4. The zero-order valence-electron chi connectivity index (χ0n) is 27.4. The van der Waals surface area contributed by atoms with Crippen LogP contribution in [0.3, 0.4) is 0 Å². The number of benzene rings is 7. The van der Waals surface area contributed by atoms with Crippen LogP contribution < -0.4 is 15.9 Å². The standard InChI is InChI=1S/C45H29N4OP/c50-51(34-18-8-3-9-19-34)39-23-13-11-21-37(39)41-40(51)29-28-36-35-20-10-12-22-38(35)49(42(36)41)45-47-43(32-16-6-2-7-17-32)46-44(48-45)33-26-24-31(25-27-33)30-14-4-1-5-15-30/h1-29H. The highest BCUT2D eigenvalue weighted by molar-refractivity contribution is 7.86. The highest BCUT2D eigenvalue weighted by Gasteiger charge is 2.42. The second-order valence-electron chi connectivity index (χ2n) is 12.8. The third-order valence-corrected chi connectivity index (χ3v) is 13.0. The summed E-state index contributed by atoms with van der Waals surface area (Å²) in [5.74, 6) is 1.66. The fourth-order valence-electron chi connectivity index (χ4n) is 7.54. The Morgan fingerprint density at radius 1 is 0.431 bits per heavy atom. The summed E-state index contributed by atoms with van der Waals surface area (Å²) in [5.41, 5.74) is 7.90. The zero-order chi connectivity index (χ0) is 33.9. The van der Waals surface area contributed by atoms with Gasteiger partial charge in [0.2, 0.25) is 5.95 Å². The van der Waals surface area contributed by atoms with Gasteiger partial charge in [-0.2, -0.15) is 9.97 Å². The van der Waals surface area contributed by atoms with Crippen LogP contribution in [0.15, 0.2) is 176 Å². The molecule has 0 saturated carbocycles. The van der Waals surface area contributed by atoms with Crippen LogP contribution in [0.25, 0.3) is 72.8 Å². The van der Waals surface area contributed by atoms with Crippen LogP contribution in [0.1, 0.15) is 0 Å². The van der Waals surface area contributed by atoms with Gasteiger partial charge in [-0.3, -0.25) is 4.57 Å². The topological polar surface area (TPSA) is 60.7 Å². The normalized spacial score (nSPS) is 14.8. The molecule has 7 aromatic carbocycles. The van der Waals surface area contributed by atoms with E-state index < -0.39 is 7.14 Å². The molecule has 0 amide bonds. The van der Waals surface area contributed by atoms with E-state index in [9.17, 15) is 0 Å². The quantitative estimate of drug-likeness (QED) is 0.171. The van der Waals surface area contributed by atoms with E-state index in [2.05, 4.69) is 77.4 Å². The molecular weight excluding hydrogens is 643 g/mol. The van der Waals surface area contributed by atoms with Gasteiger partial charge in [0.15, 0.2) is 18.8 Å². The number of hydrogen-bond acceptors (Lipinski definition) is 4. The monoisotopic (exact) mass is 672 g/mol. The highest BCUT2D eigenvalue weighted by atomic mass is 31.2. The van der Waals surface area contributed by atoms with E-state index in [0.717, 1.165) is 71.1 Å². The SMILES string of the molecule is O=P1(c2ccccc2)c2ccccc2-c2c1ccc1c3ccccc3n(-c3nc(-c4ccccc4)nc(-c4ccc(-c5ccccc5)cc4)n3)c21. The smallest absolute Gasteiger partial charge is 0.238 e. The molecule has 5 nitrogen and oxygen atoms in total. The minimum Gasteiger partial charge on any atom is -0.309 e. The van der Waals surface area contributed by atoms with Crippen molar-refractivity contribution in [2.75, 3.05) is 0 Å². The Bertz CT molecular complexity index is 2810. The first-order chi connectivity index (χ1) is 25.2. The van der Waals surface area contributed by atoms with Gasteiger partial charge in [0.25, 0.3) is 0 Å². The average molecular weight is 673 g/mol. The van der Waals surface area contributed by atoms with Gasteiger partial charge >= 0.3 is 0 Å². The van der Waals surface area contributed by atoms with Crippen LogP contribution in [0, 0.1) is 0 Å². The van der Waals surface area contributed by atoms with Crippen LogP contribution >= 0.6 is 7.14 Å². The van der Waals surface area contributed by atoms with Gasteiger partial charge in [0.1, 0.15) is 0 Å². The Balaban J connectivity index is 1.27. The first kappa shape index (κ1) is 29.5. The van der Waals surface area contributed by atoms with Crippen molar-refractivity contribution in [1.82, 2.24) is 19.5 Å². The molecule has 3 heterocycles. The lowest BCUT2D eigenvalue weighted by atomic mass is 10.0. The van der Waals surface area contributed by atoms with Gasteiger partial charge in [-0.15, -0.1) is 0 Å². The van der Waals surface area contributed by atoms with Crippen molar-refractivity contribution in [1.29, 1.82) is 0 Å². The lowest BCUT2D eigenvalue weighted by Gasteiger charge is -2.16. The number of aromatic nitrogens is 4. The highest BCUT2D eigenvalue weighted by Crippen LogP contribution is 2.54. The van der Waals surface area contributed by atoms with Crippen LogP contribution in [0.2, 0.25) is 0 Å². The molecule has 1 unspecified atom stereocenters. The summed E-state index contributed by atoms with van der Waals surface area (Å²) in [5, 5.41) is 4.64. The van der Waals surface area contributed by atoms with Gasteiger partial charge in [-0.1, -0.05) is 164 Å². The van der Waals surface area contributed by atoms with E-state index in [0.29, 0.717) is 17.6 Å². The van der Waals surface area contributed by atoms with Gasteiger partial charge in [-0.05, 0) is 28.8 Å². The molecule has 0 bridgehead atoms. The Kier molecular flexibility index (Phi) is 6.70. The first-order valence-corrected chi connectivity index (χ1v) is 18.7. The van der Waals surface area contributed by atoms with Gasteiger partial charge in [0, 0.05) is 43.4 Å². The predicted octanol–water partition coefficient (Wildman–Crippen LogP) is 9.59. The largest absolute Gasteiger partial charge is 0.309 e. The molecule has 2 aromatic heterocycles. The molecule has 240 valence electrons. The second-order valence-corrected chi connectivity index (χ2v) is 15.5. The van der Waals surface area contributed by atoms with Crippen molar-refractivity contribution in [3.05, 3.63) is 176 Å². The minimum atomic E-state index is -3.17. The van der Waals surface area contributed by atoms with E-state index in [1.165, 1.54) is 0 Å². The molecule has 1 atom stereocenters. The fourth-order valence-corrected chi connectivity index (χ4v) is 10.6. The molecule has 51 heavy (non-hydrogen) atoms. The summed E-state index contributed by atoms with van der Waals surface area (Å²) in [6.07, 6.45) is 0. The van der Waals surface area contributed by atoms with Crippen molar-refractivity contribution >= 4 is 44.9 Å². The van der Waals surface area contributed by atoms with Crippen LogP contribution in [0.4, 0.5) is 0 Å². The molecule has 0 spiro atoms. The lowest BCUT2D eigenvalue weighted by Crippen LogP contribution is -2.20. The molecule has 0 fully saturated rings. The molecule has 1 aliphatic heterocycles. The van der Waals surface area contributed by atoms with E-state index in [4.69, 9.17) is 15.0 Å². The third kappa shape index (κ3) is 4.56. The number of hydrogen-bond donors (Lipinski definition) is 0. The van der Waals surface area contributed by atoms with Gasteiger partial charge in [0.05, 0.1) is 11.0 Å². The minimum absolute atomic E-state index is 0.504. The van der Waals surface area contributed by atoms with Crippen LogP contribution in [-0.4, -0.2) is 19.5 Å². The number of rotatable bonds is 5. The second kappa shape index (κ2) is 11.6. The summed E-state index contributed by atoms with van der Waals surface area (Å²) < 4.78 is 17.7. The molecule has 0 radical (unpaired) electrons. The zero-order valence-corrected chi connectivity index (χ0v) is 28.3.